The maximum atomic E-state index is 12.5. The van der Waals surface area contributed by atoms with Gasteiger partial charge in [0.15, 0.2) is 0 Å². The van der Waals surface area contributed by atoms with Crippen LogP contribution in [0.1, 0.15) is 73.2 Å². The van der Waals surface area contributed by atoms with Gasteiger partial charge < -0.3 is 50.7 Å². The first-order chi connectivity index (χ1) is 26.6. The first kappa shape index (κ1) is 37.1. The first-order valence-electron chi connectivity index (χ1n) is 19.0. The highest BCUT2D eigenvalue weighted by molar-refractivity contribution is 6.13. The molecule has 0 amide bonds. The summed E-state index contributed by atoms with van der Waals surface area (Å²) >= 11 is 0. The van der Waals surface area contributed by atoms with Crippen molar-refractivity contribution in [3.63, 3.8) is 0 Å². The average molecular weight is 757 g/mol. The first-order valence-corrected chi connectivity index (χ1v) is 19.0. The molecular formula is C46H48N2O8. The summed E-state index contributed by atoms with van der Waals surface area (Å²) in [4.78, 5) is 0. The van der Waals surface area contributed by atoms with E-state index in [4.69, 9.17) is 9.47 Å². The molecule has 0 saturated carbocycles. The summed E-state index contributed by atoms with van der Waals surface area (Å²) in [5, 5.41) is 79.7. The Morgan fingerprint density at radius 1 is 0.500 bits per heavy atom. The number of methoxy groups -OCH3 is 2. The summed E-state index contributed by atoms with van der Waals surface area (Å²) in [6.45, 7) is 11.9. The molecule has 8 rings (SSSR count). The van der Waals surface area contributed by atoms with Crippen LogP contribution in [-0.2, 0) is 12.8 Å². The van der Waals surface area contributed by atoms with Gasteiger partial charge in [-0.3, -0.25) is 0 Å². The summed E-state index contributed by atoms with van der Waals surface area (Å²) in [6, 6.07) is 13.4. The van der Waals surface area contributed by atoms with Crippen LogP contribution in [0.5, 0.6) is 46.0 Å². The number of rotatable bonds is 5. The molecular weight excluding hydrogens is 709 g/mol. The van der Waals surface area contributed by atoms with Crippen LogP contribution in [0.3, 0.4) is 0 Å². The molecule has 0 aromatic heterocycles. The monoisotopic (exact) mass is 756 g/mol. The fourth-order valence-electron chi connectivity index (χ4n) is 9.60. The standard InChI is InChI=1S/C46H48N2O8/c1-19-9-25-27(41-31-13-21(3)47-23(5)39(31)33(49)17-35(41)51)15-29(45(53)43(25)37(11-19)55-7)30-16-28(26-10-20(2)12-38(56-8)44(26)46(30)54)42-32-14-22(4)48-24(6)40(32)34(50)18-36(42)52/h9-12,15-18,21-24,47-54H,13-14H2,1-8H3/t21-,22-,23+,24+/m1/s1. The van der Waals surface area contributed by atoms with Crippen LogP contribution in [0.2, 0.25) is 0 Å². The molecule has 0 aliphatic carbocycles. The van der Waals surface area contributed by atoms with Gasteiger partial charge in [0.2, 0.25) is 0 Å². The maximum Gasteiger partial charge on any atom is 0.135 e. The number of aromatic hydroxyl groups is 6. The maximum absolute atomic E-state index is 12.5. The van der Waals surface area contributed by atoms with Crippen molar-refractivity contribution in [2.24, 2.45) is 0 Å². The molecule has 8 N–H and O–H groups in total. The summed E-state index contributed by atoms with van der Waals surface area (Å²) < 4.78 is 11.8. The van der Waals surface area contributed by atoms with Crippen molar-refractivity contribution in [1.29, 1.82) is 0 Å². The van der Waals surface area contributed by atoms with Crippen LogP contribution in [0.25, 0.3) is 54.9 Å². The molecule has 290 valence electrons. The van der Waals surface area contributed by atoms with Crippen LogP contribution >= 0.6 is 0 Å². The van der Waals surface area contributed by atoms with Gasteiger partial charge in [-0.25, -0.2) is 0 Å². The Bertz CT molecular complexity index is 2450. The van der Waals surface area contributed by atoms with Crippen molar-refractivity contribution in [3.05, 3.63) is 81.9 Å². The number of benzene rings is 6. The quantitative estimate of drug-likeness (QED) is 0.0852. The largest absolute Gasteiger partial charge is 0.507 e. The second-order valence-corrected chi connectivity index (χ2v) is 15.8. The molecule has 2 aliphatic rings. The molecule has 2 aliphatic heterocycles. The van der Waals surface area contributed by atoms with Crippen LogP contribution in [-0.4, -0.2) is 56.9 Å². The molecule has 2 heterocycles. The van der Waals surface area contributed by atoms with Gasteiger partial charge in [0, 0.05) is 69.7 Å². The van der Waals surface area contributed by atoms with Gasteiger partial charge in [-0.2, -0.15) is 0 Å². The number of aryl methyl sites for hydroxylation is 2. The minimum absolute atomic E-state index is 0.0136. The summed E-state index contributed by atoms with van der Waals surface area (Å²) in [5.74, 6) is 0.187. The minimum atomic E-state index is -0.209. The number of phenols is 6. The highest BCUT2D eigenvalue weighted by Crippen LogP contribution is 2.56. The summed E-state index contributed by atoms with van der Waals surface area (Å²) in [7, 11) is 3.06. The van der Waals surface area contributed by atoms with Crippen molar-refractivity contribution >= 4 is 21.5 Å². The van der Waals surface area contributed by atoms with Crippen LogP contribution < -0.4 is 20.1 Å². The van der Waals surface area contributed by atoms with Crippen molar-refractivity contribution in [1.82, 2.24) is 10.6 Å². The van der Waals surface area contributed by atoms with Crippen LogP contribution in [0, 0.1) is 13.8 Å². The lowest BCUT2D eigenvalue weighted by molar-refractivity contribution is 0.401. The van der Waals surface area contributed by atoms with Crippen LogP contribution in [0.15, 0.2) is 48.5 Å². The van der Waals surface area contributed by atoms with E-state index in [1.165, 1.54) is 26.4 Å². The molecule has 0 radical (unpaired) electrons. The molecule has 4 atom stereocenters. The van der Waals surface area contributed by atoms with E-state index in [1.807, 2.05) is 52.0 Å². The van der Waals surface area contributed by atoms with Crippen molar-refractivity contribution in [2.75, 3.05) is 14.2 Å². The van der Waals surface area contributed by atoms with Crippen LogP contribution in [0.4, 0.5) is 0 Å². The molecule has 6 aromatic carbocycles. The Morgan fingerprint density at radius 2 is 0.875 bits per heavy atom. The number of ether oxygens (including phenoxy) is 2. The molecule has 0 bridgehead atoms. The number of hydrogen-bond donors (Lipinski definition) is 8. The van der Waals surface area contributed by atoms with Gasteiger partial charge >= 0.3 is 0 Å². The third kappa shape index (κ3) is 5.61. The third-order valence-corrected chi connectivity index (χ3v) is 11.7. The van der Waals surface area contributed by atoms with E-state index in [-0.39, 0.29) is 69.8 Å². The van der Waals surface area contributed by atoms with Crippen molar-refractivity contribution in [2.45, 2.75) is 78.6 Å². The number of hydrogen-bond acceptors (Lipinski definition) is 10. The van der Waals surface area contributed by atoms with Gasteiger partial charge in [-0.1, -0.05) is 12.1 Å². The third-order valence-electron chi connectivity index (χ3n) is 11.7. The molecule has 10 heteroatoms. The Balaban J connectivity index is 1.55. The van der Waals surface area contributed by atoms with E-state index >= 15 is 0 Å². The number of fused-ring (bicyclic) bond motifs is 4. The van der Waals surface area contributed by atoms with Gasteiger partial charge in [-0.15, -0.1) is 0 Å². The average Bonchev–Trinajstić information content (AvgIpc) is 3.11. The summed E-state index contributed by atoms with van der Waals surface area (Å²) in [5.41, 5.74) is 7.27. The Morgan fingerprint density at radius 3 is 1.23 bits per heavy atom. The van der Waals surface area contributed by atoms with E-state index in [2.05, 4.69) is 24.5 Å². The lowest BCUT2D eigenvalue weighted by Crippen LogP contribution is -2.36. The topological polar surface area (TPSA) is 164 Å². The van der Waals surface area contributed by atoms with Crippen molar-refractivity contribution in [3.8, 4) is 79.4 Å². The summed E-state index contributed by atoms with van der Waals surface area (Å²) in [6.07, 6.45) is 1.02. The Labute approximate surface area is 325 Å². The molecule has 0 spiro atoms. The van der Waals surface area contributed by atoms with Gasteiger partial charge in [0.05, 0.1) is 25.0 Å². The number of phenolic OH excluding ortho intramolecular Hbond substituents is 6. The Kier molecular flexibility index (Phi) is 8.89. The van der Waals surface area contributed by atoms with Gasteiger partial charge in [0.1, 0.15) is 46.0 Å². The molecule has 6 aromatic rings. The number of nitrogens with one attached hydrogen (secondary N) is 2. The normalized spacial score (nSPS) is 19.2. The second-order valence-electron chi connectivity index (χ2n) is 15.8. The predicted molar refractivity (Wildman–Crippen MR) is 220 cm³/mol. The zero-order valence-electron chi connectivity index (χ0n) is 32.8. The van der Waals surface area contributed by atoms with E-state index < -0.39 is 0 Å². The minimum Gasteiger partial charge on any atom is -0.507 e. The van der Waals surface area contributed by atoms with Gasteiger partial charge in [0.25, 0.3) is 0 Å². The second kappa shape index (κ2) is 13.4. The zero-order valence-corrected chi connectivity index (χ0v) is 32.8. The molecule has 0 unspecified atom stereocenters. The molecule has 0 saturated heterocycles. The smallest absolute Gasteiger partial charge is 0.135 e. The van der Waals surface area contributed by atoms with E-state index in [9.17, 15) is 30.6 Å². The molecule has 0 fully saturated rings. The Hall–Kier alpha value is -5.84. The van der Waals surface area contributed by atoms with E-state index in [0.29, 0.717) is 79.3 Å². The van der Waals surface area contributed by atoms with E-state index in [1.54, 1.807) is 12.1 Å². The lowest BCUT2D eigenvalue weighted by atomic mass is 9.80. The molecule has 56 heavy (non-hydrogen) atoms. The van der Waals surface area contributed by atoms with Gasteiger partial charge in [-0.05, 0) is 123 Å². The zero-order chi connectivity index (χ0) is 40.1. The molecule has 10 nitrogen and oxygen atoms in total. The highest BCUT2D eigenvalue weighted by Gasteiger charge is 2.33. The fraction of sp³-hybridized carbons (Fsp3) is 0.304. The lowest BCUT2D eigenvalue weighted by Gasteiger charge is -2.32. The predicted octanol–water partition coefficient (Wildman–Crippen LogP) is 9.05. The fourth-order valence-corrected chi connectivity index (χ4v) is 9.60. The van der Waals surface area contributed by atoms with E-state index in [0.717, 1.165) is 22.3 Å². The highest BCUT2D eigenvalue weighted by atomic mass is 16.5. The SMILES string of the molecule is COc1cc(C)cc2c(-c3c(O)cc(O)c4c3C[C@@H](C)N[C@H]4C)cc(-c3cc(-c4c(O)cc(O)c5c4C[C@@H](C)N[C@H]5C)c4cc(C)cc(OC)c4c3O)c(O)c12. The van der Waals surface area contributed by atoms with Crippen molar-refractivity contribution < 1.29 is 40.1 Å².